The molecule has 0 spiro atoms. The van der Waals surface area contributed by atoms with Crippen molar-refractivity contribution in [2.45, 2.75) is 141 Å². The Bertz CT molecular complexity index is 5070. The van der Waals surface area contributed by atoms with E-state index in [0.29, 0.717) is 35.6 Å². The molecule has 1 saturated heterocycles. The second kappa shape index (κ2) is 42.5. The number of hydrogen-bond donors (Lipinski definition) is 3. The first-order chi connectivity index (χ1) is 57.8. The Balaban J connectivity index is 0.775. The van der Waals surface area contributed by atoms with Crippen LogP contribution in [-0.4, -0.2) is 160 Å². The second-order valence-corrected chi connectivity index (χ2v) is 31.5. The van der Waals surface area contributed by atoms with Crippen LogP contribution in [0.1, 0.15) is 128 Å². The number of benzene rings is 7. The number of hydrogen-bond acceptors (Lipinski definition) is 22. The van der Waals surface area contributed by atoms with E-state index in [1.54, 1.807) is 57.0 Å². The number of amides is 4. The average Bonchev–Trinajstić information content (AvgIpc) is 1.55. The second-order valence-electron chi connectivity index (χ2n) is 28.9. The van der Waals surface area contributed by atoms with Gasteiger partial charge in [0.25, 0.3) is 14.4 Å². The number of carbonyl (C=O) groups is 4. The summed E-state index contributed by atoms with van der Waals surface area (Å²) in [5.74, 6) is 2.92. The molecule has 10 aromatic rings. The molecule has 12 rings (SSSR count). The molecular formula is C89H98N12O16P2. The number of imidazole rings is 1. The molecule has 620 valence electrons. The van der Waals surface area contributed by atoms with Gasteiger partial charge in [-0.15, -0.1) is 12.3 Å². The van der Waals surface area contributed by atoms with Crippen molar-refractivity contribution < 1.29 is 70.2 Å². The number of rotatable bonds is 42. The van der Waals surface area contributed by atoms with Gasteiger partial charge in [0.05, 0.1) is 78.1 Å². The van der Waals surface area contributed by atoms with Gasteiger partial charge in [0.1, 0.15) is 61.0 Å². The summed E-state index contributed by atoms with van der Waals surface area (Å²) in [6.45, 7) is 10.0. The minimum Gasteiger partial charge on any atom is -0.497 e. The van der Waals surface area contributed by atoms with Gasteiger partial charge in [-0.25, -0.2) is 29.2 Å². The number of anilines is 2. The van der Waals surface area contributed by atoms with Crippen LogP contribution >= 0.6 is 17.1 Å². The molecule has 1 fully saturated rings. The van der Waals surface area contributed by atoms with Crippen molar-refractivity contribution in [1.29, 1.82) is 5.26 Å². The third kappa shape index (κ3) is 22.4. The SMILES string of the molecule is C#CCCOP(OC1C[C@H](n2ccc(NC(=O)CCCN(C)C(=O)OCC3c4ccccc4-c4ccccc43)nc2=O)O[C@@H]1COP(OCCC#N)OC(C)[C@@H](COC(c1ccccc1)(c1ccc(OC)cc1)c1ccc(OC)cc1)OCn1cnc2c(NC(=O)c3ccc(CNC(=O)Cc4ccccc4)cc3)ncnc21)N(C(C)C)C(C)C. The summed E-state index contributed by atoms with van der Waals surface area (Å²) in [5.41, 5.74) is 7.22. The van der Waals surface area contributed by atoms with Gasteiger partial charge in [0.2, 0.25) is 11.8 Å². The molecule has 28 nitrogen and oxygen atoms in total. The summed E-state index contributed by atoms with van der Waals surface area (Å²) in [4.78, 5) is 87.1. The molecule has 30 heteroatoms. The van der Waals surface area contributed by atoms with Gasteiger partial charge in [-0.05, 0) is 134 Å². The van der Waals surface area contributed by atoms with E-state index >= 15 is 0 Å². The van der Waals surface area contributed by atoms with E-state index in [-0.39, 0.29) is 120 Å². The van der Waals surface area contributed by atoms with Crippen LogP contribution in [0.25, 0.3) is 22.3 Å². The van der Waals surface area contributed by atoms with Gasteiger partial charge >= 0.3 is 20.4 Å². The van der Waals surface area contributed by atoms with Crippen LogP contribution in [0.4, 0.5) is 16.4 Å². The molecule has 4 amide bonds. The fourth-order valence-corrected chi connectivity index (χ4v) is 17.0. The normalized spacial score (nSPS) is 15.5. The lowest BCUT2D eigenvalue weighted by Gasteiger charge is -2.38. The van der Waals surface area contributed by atoms with Crippen LogP contribution in [0.3, 0.4) is 0 Å². The topological polar surface area (TPSA) is 315 Å². The number of nitrogens with zero attached hydrogens (tertiary/aromatic N) is 9. The highest BCUT2D eigenvalue weighted by Gasteiger charge is 2.44. The number of ether oxygens (including phenoxy) is 6. The summed E-state index contributed by atoms with van der Waals surface area (Å²) in [7, 11) is 0.546. The quantitative estimate of drug-likeness (QED) is 0.0138. The van der Waals surface area contributed by atoms with Crippen LogP contribution in [0.5, 0.6) is 11.5 Å². The molecule has 3 N–H and O–H groups in total. The largest absolute Gasteiger partial charge is 0.497 e. The van der Waals surface area contributed by atoms with Gasteiger partial charge in [-0.3, -0.25) is 23.5 Å². The van der Waals surface area contributed by atoms with E-state index in [1.807, 2.05) is 161 Å². The van der Waals surface area contributed by atoms with Crippen LogP contribution in [0.2, 0.25) is 0 Å². The fraction of sp³-hybridized carbons (Fsp3) is 0.348. The lowest BCUT2D eigenvalue weighted by molar-refractivity contribution is -0.120. The first-order valence-corrected chi connectivity index (χ1v) is 41.6. The lowest BCUT2D eigenvalue weighted by Crippen LogP contribution is -2.40. The molecule has 0 radical (unpaired) electrons. The predicted octanol–water partition coefficient (Wildman–Crippen LogP) is 14.8. The Morgan fingerprint density at radius 1 is 0.714 bits per heavy atom. The van der Waals surface area contributed by atoms with Gasteiger partial charge < -0.3 is 71.9 Å². The lowest BCUT2D eigenvalue weighted by atomic mass is 9.80. The van der Waals surface area contributed by atoms with Crippen molar-refractivity contribution in [3.63, 3.8) is 0 Å². The zero-order valence-corrected chi connectivity index (χ0v) is 69.5. The molecule has 7 atom stereocenters. The van der Waals surface area contributed by atoms with E-state index in [1.165, 1.54) is 34.4 Å². The molecule has 1 aliphatic heterocycles. The third-order valence-corrected chi connectivity index (χ3v) is 23.6. The highest BCUT2D eigenvalue weighted by Crippen LogP contribution is 2.52. The van der Waals surface area contributed by atoms with Gasteiger partial charge in [0, 0.05) is 69.2 Å². The zero-order chi connectivity index (χ0) is 83.8. The van der Waals surface area contributed by atoms with E-state index < -0.39 is 77.0 Å². The van der Waals surface area contributed by atoms with Crippen LogP contribution in [0, 0.1) is 23.7 Å². The molecule has 4 unspecified atom stereocenters. The first kappa shape index (κ1) is 87.1. The maximum atomic E-state index is 14.3. The number of fused-ring (bicyclic) bond motifs is 4. The van der Waals surface area contributed by atoms with E-state index in [0.717, 1.165) is 50.1 Å². The zero-order valence-electron chi connectivity index (χ0n) is 67.7. The molecule has 4 heterocycles. The molecular weight excluding hydrogens is 1550 g/mol. The van der Waals surface area contributed by atoms with Crippen molar-refractivity contribution in [2.75, 3.05) is 71.5 Å². The van der Waals surface area contributed by atoms with Crippen LogP contribution in [-0.2, 0) is 76.5 Å². The van der Waals surface area contributed by atoms with E-state index in [9.17, 15) is 29.2 Å². The maximum Gasteiger partial charge on any atom is 0.409 e. The number of terminal acetylenes is 1. The molecule has 0 bridgehead atoms. The Hall–Kier alpha value is -11.2. The number of aromatic nitrogens is 6. The minimum absolute atomic E-state index is 0.00921. The van der Waals surface area contributed by atoms with Crippen LogP contribution < -0.4 is 31.1 Å². The molecule has 2 aliphatic rings. The average molecular weight is 1650 g/mol. The summed E-state index contributed by atoms with van der Waals surface area (Å²) < 4.78 is 77.1. The maximum absolute atomic E-state index is 14.3. The summed E-state index contributed by atoms with van der Waals surface area (Å²) in [6, 6.07) is 61.0. The van der Waals surface area contributed by atoms with Crippen molar-refractivity contribution >= 4 is 63.7 Å². The van der Waals surface area contributed by atoms with Crippen molar-refractivity contribution in [3.05, 3.63) is 262 Å². The standard InChI is InChI=1S/C89H98N12O16P2/c1-10-11-49-112-118(101(60(2)3)61(4)5)117-76-52-82(100-48-45-79(96-87(100)105)95-80(102)32-22-47-98(7)88(106)109-54-75-73-30-20-18-28-71(73)72-29-19-21-31-74(72)75)115-78(76)56-114-119(113-50-23-46-90)116-62(6)77(55-111-89(66-26-16-13-17-27-66,67-37-41-69(107-8)42-38-67)68-39-43-70(108-9)44-40-68)110-59-99-58-94-83-84(92-57-93-85(83)99)97-86(104)65-35-33-64(34-36-65)53-91-81(103)51-63-24-14-12-15-25-63/h1,12-21,24-31,33-45,48,57-58,60-62,75-78,82H,11,22-23,32,47,49-56,59H2,2-9H3,(H,91,103)(H,92,93,97,104)(H,95,96,102,105)/t62?,76?,77-,78-,82-,118?,119?/m1/s1. The Morgan fingerprint density at radius 3 is 1.99 bits per heavy atom. The first-order valence-electron chi connectivity index (χ1n) is 39.3. The van der Waals surface area contributed by atoms with Crippen molar-refractivity contribution in [1.82, 2.24) is 44.0 Å². The Kier molecular flexibility index (Phi) is 31.1. The molecule has 1 aliphatic carbocycles. The minimum atomic E-state index is -2.43. The van der Waals surface area contributed by atoms with Crippen molar-refractivity contribution in [2.24, 2.45) is 0 Å². The summed E-state index contributed by atoms with van der Waals surface area (Å²) in [6.07, 6.45) is 5.73. The fourth-order valence-electron chi connectivity index (χ4n) is 14.2. The van der Waals surface area contributed by atoms with Crippen molar-refractivity contribution in [3.8, 4) is 41.0 Å². The van der Waals surface area contributed by atoms with Crippen LogP contribution in [0.15, 0.2) is 212 Å². The Labute approximate surface area is 694 Å². The highest BCUT2D eigenvalue weighted by atomic mass is 31.2. The van der Waals surface area contributed by atoms with Gasteiger partial charge in [-0.2, -0.15) is 10.2 Å². The number of nitrogens with one attached hydrogen (secondary N) is 3. The number of methoxy groups -OCH3 is 2. The molecule has 119 heavy (non-hydrogen) atoms. The van der Waals surface area contributed by atoms with E-state index in [2.05, 4.69) is 76.8 Å². The third-order valence-electron chi connectivity index (χ3n) is 20.2. The predicted molar refractivity (Wildman–Crippen MR) is 450 cm³/mol. The number of nitriles is 1. The monoisotopic (exact) mass is 1650 g/mol. The summed E-state index contributed by atoms with van der Waals surface area (Å²) >= 11 is 0. The van der Waals surface area contributed by atoms with E-state index in [4.69, 9.17) is 57.5 Å². The highest BCUT2D eigenvalue weighted by molar-refractivity contribution is 7.44. The van der Waals surface area contributed by atoms with Gasteiger partial charge in [0.15, 0.2) is 17.0 Å². The number of carbonyl (C=O) groups excluding carboxylic acids is 4. The molecule has 0 saturated carbocycles. The summed E-state index contributed by atoms with van der Waals surface area (Å²) in [5, 5.41) is 18.5. The smallest absolute Gasteiger partial charge is 0.409 e. The molecule has 3 aromatic heterocycles. The molecule has 7 aromatic carbocycles. The Morgan fingerprint density at radius 2 is 1.35 bits per heavy atom. The van der Waals surface area contributed by atoms with Gasteiger partial charge in [-0.1, -0.05) is 146 Å².